The van der Waals surface area contributed by atoms with Crippen LogP contribution in [0.1, 0.15) is 0 Å². The number of aromatic nitrogens is 2. The third kappa shape index (κ3) is 3.83. The van der Waals surface area contributed by atoms with E-state index in [4.69, 9.17) is 16.3 Å². The van der Waals surface area contributed by atoms with Crippen LogP contribution in [0.4, 0.5) is 10.5 Å². The molecule has 20 heavy (non-hydrogen) atoms. The van der Waals surface area contributed by atoms with E-state index in [9.17, 15) is 4.79 Å². The average Bonchev–Trinajstić information content (AvgIpc) is 2.43. The number of nitrogens with one attached hydrogen (secondary N) is 1. The van der Waals surface area contributed by atoms with Gasteiger partial charge in [-0.15, -0.1) is 0 Å². The molecule has 0 fully saturated rings. The molecule has 0 spiro atoms. The van der Waals surface area contributed by atoms with Crippen LogP contribution in [0.5, 0.6) is 11.6 Å². The number of carbonyl (C=O) groups is 1. The predicted molar refractivity (Wildman–Crippen MR) is 76.3 cm³/mol. The molecule has 1 heterocycles. The highest BCUT2D eigenvalue weighted by Gasteiger charge is 2.04. The molecule has 2 amide bonds. The van der Waals surface area contributed by atoms with Gasteiger partial charge in [0.1, 0.15) is 10.9 Å². The summed E-state index contributed by atoms with van der Waals surface area (Å²) in [5.74, 6) is 0.934. The smallest absolute Gasteiger partial charge is 0.321 e. The molecule has 0 unspecified atom stereocenters. The molecule has 0 atom stereocenters. The molecule has 0 aliphatic heterocycles. The van der Waals surface area contributed by atoms with Gasteiger partial charge in [-0.25, -0.2) is 14.8 Å². The maximum atomic E-state index is 11.5. The van der Waals surface area contributed by atoms with Gasteiger partial charge in [-0.3, -0.25) is 0 Å². The van der Waals surface area contributed by atoms with Gasteiger partial charge >= 0.3 is 6.03 Å². The first-order chi connectivity index (χ1) is 9.54. The van der Waals surface area contributed by atoms with Gasteiger partial charge in [-0.1, -0.05) is 11.6 Å². The Bertz CT molecular complexity index is 584. The van der Waals surface area contributed by atoms with Gasteiger partial charge in [-0.2, -0.15) is 0 Å². The van der Waals surface area contributed by atoms with Crippen LogP contribution in [0.25, 0.3) is 0 Å². The predicted octanol–water partition coefficient (Wildman–Crippen LogP) is 3.02. The number of ether oxygens (including phenoxy) is 1. The Hall–Kier alpha value is -2.34. The monoisotopic (exact) mass is 292 g/mol. The van der Waals surface area contributed by atoms with Gasteiger partial charge in [0.15, 0.2) is 0 Å². The lowest BCUT2D eigenvalue weighted by Gasteiger charge is -2.12. The van der Waals surface area contributed by atoms with Gasteiger partial charge in [0.25, 0.3) is 0 Å². The quantitative estimate of drug-likeness (QED) is 0.944. The summed E-state index contributed by atoms with van der Waals surface area (Å²) >= 11 is 5.64. The molecule has 2 aromatic rings. The maximum absolute atomic E-state index is 11.5. The van der Waals surface area contributed by atoms with E-state index in [2.05, 4.69) is 15.3 Å². The van der Waals surface area contributed by atoms with Crippen LogP contribution in [0.3, 0.4) is 0 Å². The van der Waals surface area contributed by atoms with Gasteiger partial charge in [0, 0.05) is 19.8 Å². The topological polar surface area (TPSA) is 67.4 Å². The lowest BCUT2D eigenvalue weighted by molar-refractivity contribution is 0.230. The SMILES string of the molecule is CN(C)C(=O)Nc1ccc(Oc2cnc(Cl)cn2)cc1. The molecule has 1 N–H and O–H groups in total. The van der Waals surface area contributed by atoms with Crippen molar-refractivity contribution in [2.24, 2.45) is 0 Å². The van der Waals surface area contributed by atoms with Crippen LogP contribution in [0.2, 0.25) is 5.15 Å². The molecular weight excluding hydrogens is 280 g/mol. The van der Waals surface area contributed by atoms with Crippen LogP contribution >= 0.6 is 11.6 Å². The number of hydrogen-bond donors (Lipinski definition) is 1. The Morgan fingerprint density at radius 3 is 2.45 bits per heavy atom. The van der Waals surface area contributed by atoms with E-state index in [1.54, 1.807) is 38.4 Å². The van der Waals surface area contributed by atoms with Gasteiger partial charge in [-0.05, 0) is 24.3 Å². The number of amides is 2. The number of halogens is 1. The highest BCUT2D eigenvalue weighted by atomic mass is 35.5. The molecule has 0 aliphatic rings. The number of hydrogen-bond acceptors (Lipinski definition) is 4. The summed E-state index contributed by atoms with van der Waals surface area (Å²) in [5, 5.41) is 3.03. The molecule has 0 radical (unpaired) electrons. The highest BCUT2D eigenvalue weighted by Crippen LogP contribution is 2.21. The van der Waals surface area contributed by atoms with Crippen LogP contribution in [-0.2, 0) is 0 Å². The normalized spacial score (nSPS) is 9.95. The molecule has 0 aliphatic carbocycles. The number of benzene rings is 1. The summed E-state index contributed by atoms with van der Waals surface area (Å²) in [6, 6.07) is 6.73. The van der Waals surface area contributed by atoms with Gasteiger partial charge in [0.05, 0.1) is 12.4 Å². The fraction of sp³-hybridized carbons (Fsp3) is 0.154. The zero-order chi connectivity index (χ0) is 14.5. The second-order valence-corrected chi connectivity index (χ2v) is 4.52. The summed E-state index contributed by atoms with van der Waals surface area (Å²) in [7, 11) is 3.35. The summed E-state index contributed by atoms with van der Waals surface area (Å²) < 4.78 is 5.49. The molecule has 1 aromatic heterocycles. The van der Waals surface area contributed by atoms with Crippen molar-refractivity contribution < 1.29 is 9.53 Å². The zero-order valence-corrected chi connectivity index (χ0v) is 11.8. The highest BCUT2D eigenvalue weighted by molar-refractivity contribution is 6.29. The Morgan fingerprint density at radius 1 is 1.20 bits per heavy atom. The molecule has 2 rings (SSSR count). The second kappa shape index (κ2) is 6.21. The summed E-state index contributed by atoms with van der Waals surface area (Å²) in [4.78, 5) is 20.8. The first-order valence-electron chi connectivity index (χ1n) is 5.78. The standard InChI is InChI=1S/C13H13ClN4O2/c1-18(2)13(19)17-9-3-5-10(6-4-9)20-12-8-15-11(14)7-16-12/h3-8H,1-2H3,(H,17,19). The van der Waals surface area contributed by atoms with E-state index in [1.165, 1.54) is 17.3 Å². The van der Waals surface area contributed by atoms with Gasteiger partial charge < -0.3 is 15.0 Å². The summed E-state index contributed by atoms with van der Waals surface area (Å²) in [5.41, 5.74) is 0.679. The van der Waals surface area contributed by atoms with Crippen molar-refractivity contribution in [3.63, 3.8) is 0 Å². The maximum Gasteiger partial charge on any atom is 0.321 e. The minimum absolute atomic E-state index is 0.192. The Kier molecular flexibility index (Phi) is 4.37. The minimum atomic E-state index is -0.192. The Balaban J connectivity index is 2.01. The number of urea groups is 1. The van der Waals surface area contributed by atoms with E-state index < -0.39 is 0 Å². The molecule has 0 saturated heterocycles. The van der Waals surface area contributed by atoms with Crippen molar-refractivity contribution in [3.05, 3.63) is 41.8 Å². The van der Waals surface area contributed by atoms with Crippen LogP contribution < -0.4 is 10.1 Å². The van der Waals surface area contributed by atoms with Crippen molar-refractivity contribution >= 4 is 23.3 Å². The lowest BCUT2D eigenvalue weighted by Crippen LogP contribution is -2.27. The van der Waals surface area contributed by atoms with Crippen molar-refractivity contribution in [1.29, 1.82) is 0 Å². The molecule has 6 nitrogen and oxygen atoms in total. The molecule has 0 bridgehead atoms. The third-order valence-electron chi connectivity index (χ3n) is 2.33. The van der Waals surface area contributed by atoms with E-state index >= 15 is 0 Å². The van der Waals surface area contributed by atoms with Crippen LogP contribution in [0, 0.1) is 0 Å². The third-order valence-corrected chi connectivity index (χ3v) is 2.53. The fourth-order valence-corrected chi connectivity index (χ4v) is 1.41. The zero-order valence-electron chi connectivity index (χ0n) is 11.0. The number of rotatable bonds is 3. The molecule has 1 aromatic carbocycles. The van der Waals surface area contributed by atoms with Crippen molar-refractivity contribution in [1.82, 2.24) is 14.9 Å². The number of anilines is 1. The van der Waals surface area contributed by atoms with Crippen molar-refractivity contribution in [2.45, 2.75) is 0 Å². The lowest BCUT2D eigenvalue weighted by atomic mass is 10.3. The number of carbonyl (C=O) groups excluding carboxylic acids is 1. The Morgan fingerprint density at radius 2 is 1.90 bits per heavy atom. The van der Waals surface area contributed by atoms with Gasteiger partial charge in [0.2, 0.25) is 5.88 Å². The van der Waals surface area contributed by atoms with E-state index in [-0.39, 0.29) is 6.03 Å². The summed E-state index contributed by atoms with van der Waals surface area (Å²) in [6.45, 7) is 0. The van der Waals surface area contributed by atoms with Crippen LogP contribution in [0.15, 0.2) is 36.7 Å². The van der Waals surface area contributed by atoms with Crippen molar-refractivity contribution in [2.75, 3.05) is 19.4 Å². The molecule has 0 saturated carbocycles. The Labute approximate surface area is 121 Å². The van der Waals surface area contributed by atoms with E-state index in [1.807, 2.05) is 0 Å². The van der Waals surface area contributed by atoms with E-state index in [0.717, 1.165) is 0 Å². The van der Waals surface area contributed by atoms with Crippen molar-refractivity contribution in [3.8, 4) is 11.6 Å². The molecule has 7 heteroatoms. The minimum Gasteiger partial charge on any atom is -0.438 e. The van der Waals surface area contributed by atoms with Crippen LogP contribution in [-0.4, -0.2) is 35.0 Å². The molecular formula is C13H13ClN4O2. The average molecular weight is 293 g/mol. The molecule has 104 valence electrons. The largest absolute Gasteiger partial charge is 0.438 e. The first-order valence-corrected chi connectivity index (χ1v) is 6.16. The number of nitrogens with zero attached hydrogens (tertiary/aromatic N) is 3. The second-order valence-electron chi connectivity index (χ2n) is 4.13. The summed E-state index contributed by atoms with van der Waals surface area (Å²) in [6.07, 6.45) is 2.84. The fourth-order valence-electron chi connectivity index (χ4n) is 1.32. The first kappa shape index (κ1) is 14.1. The van der Waals surface area contributed by atoms with E-state index in [0.29, 0.717) is 22.5 Å².